The number of hydrogen-bond donors (Lipinski definition) is 1. The molecular weight excluding hydrogens is 150 g/mol. The van der Waals surface area contributed by atoms with Crippen LogP contribution in [0.4, 0.5) is 0 Å². The molecule has 0 bridgehead atoms. The molecule has 0 aliphatic heterocycles. The zero-order valence-electron chi connectivity index (χ0n) is 7.40. The Morgan fingerprint density at radius 3 is 3.00 bits per heavy atom. The molecule has 1 fully saturated rings. The highest BCUT2D eigenvalue weighted by atomic mass is 15.0. The van der Waals surface area contributed by atoms with E-state index in [0.29, 0.717) is 5.92 Å². The summed E-state index contributed by atoms with van der Waals surface area (Å²) in [4.78, 5) is 3.98. The van der Waals surface area contributed by atoms with Gasteiger partial charge in [0.05, 0.1) is 6.33 Å². The molecule has 1 saturated carbocycles. The third-order valence-corrected chi connectivity index (χ3v) is 2.90. The van der Waals surface area contributed by atoms with Crippen molar-refractivity contribution in [3.05, 3.63) is 18.7 Å². The van der Waals surface area contributed by atoms with Crippen LogP contribution in [0.5, 0.6) is 0 Å². The maximum Gasteiger partial charge on any atom is 0.0945 e. The van der Waals surface area contributed by atoms with Gasteiger partial charge >= 0.3 is 0 Å². The summed E-state index contributed by atoms with van der Waals surface area (Å²) in [5, 5.41) is 0. The molecule has 3 heteroatoms. The normalized spacial score (nSPS) is 33.7. The summed E-state index contributed by atoms with van der Waals surface area (Å²) >= 11 is 0. The lowest BCUT2D eigenvalue weighted by Crippen LogP contribution is -2.25. The highest BCUT2D eigenvalue weighted by Gasteiger charge is 2.46. The van der Waals surface area contributed by atoms with Gasteiger partial charge in [0, 0.05) is 24.5 Å². The Bertz CT molecular complexity index is 255. The largest absolute Gasteiger partial charge is 0.337 e. The van der Waals surface area contributed by atoms with Gasteiger partial charge in [-0.3, -0.25) is 0 Å². The second-order valence-corrected chi connectivity index (χ2v) is 3.89. The SMILES string of the molecule is CC1CC1(N)CCn1ccnc1. The van der Waals surface area contributed by atoms with Crippen LogP contribution in [0, 0.1) is 5.92 Å². The van der Waals surface area contributed by atoms with Gasteiger partial charge in [0.1, 0.15) is 0 Å². The molecule has 1 heterocycles. The molecule has 0 aromatic carbocycles. The lowest BCUT2D eigenvalue weighted by Gasteiger charge is -2.09. The minimum atomic E-state index is 0.129. The first-order valence-corrected chi connectivity index (χ1v) is 4.45. The van der Waals surface area contributed by atoms with E-state index in [-0.39, 0.29) is 5.54 Å². The third kappa shape index (κ3) is 1.37. The van der Waals surface area contributed by atoms with Crippen LogP contribution in [0.1, 0.15) is 19.8 Å². The second-order valence-electron chi connectivity index (χ2n) is 3.89. The van der Waals surface area contributed by atoms with Crippen molar-refractivity contribution in [3.63, 3.8) is 0 Å². The summed E-state index contributed by atoms with van der Waals surface area (Å²) in [6, 6.07) is 0. The van der Waals surface area contributed by atoms with Crippen LogP contribution in [-0.4, -0.2) is 15.1 Å². The van der Waals surface area contributed by atoms with E-state index in [9.17, 15) is 0 Å². The zero-order valence-corrected chi connectivity index (χ0v) is 7.40. The smallest absolute Gasteiger partial charge is 0.0945 e. The Kier molecular flexibility index (Phi) is 1.68. The minimum absolute atomic E-state index is 0.129. The van der Waals surface area contributed by atoms with Crippen molar-refractivity contribution < 1.29 is 0 Å². The van der Waals surface area contributed by atoms with E-state index in [0.717, 1.165) is 13.0 Å². The topological polar surface area (TPSA) is 43.8 Å². The number of aryl methyl sites for hydroxylation is 1. The number of rotatable bonds is 3. The Balaban J connectivity index is 1.84. The van der Waals surface area contributed by atoms with Crippen molar-refractivity contribution in [1.82, 2.24) is 9.55 Å². The number of aromatic nitrogens is 2. The molecule has 12 heavy (non-hydrogen) atoms. The van der Waals surface area contributed by atoms with Crippen LogP contribution in [0.25, 0.3) is 0 Å². The number of hydrogen-bond acceptors (Lipinski definition) is 2. The standard InChI is InChI=1S/C9H15N3/c1-8-6-9(8,10)2-4-12-5-3-11-7-12/h3,5,7-8H,2,4,6,10H2,1H3. The number of nitrogens with zero attached hydrogens (tertiary/aromatic N) is 2. The van der Waals surface area contributed by atoms with Gasteiger partial charge < -0.3 is 10.3 Å². The van der Waals surface area contributed by atoms with E-state index in [2.05, 4.69) is 16.5 Å². The molecule has 2 N–H and O–H groups in total. The summed E-state index contributed by atoms with van der Waals surface area (Å²) in [7, 11) is 0. The molecule has 0 spiro atoms. The van der Waals surface area contributed by atoms with Gasteiger partial charge in [-0.25, -0.2) is 4.98 Å². The molecule has 1 aliphatic carbocycles. The summed E-state index contributed by atoms with van der Waals surface area (Å²) in [6.07, 6.45) is 7.89. The molecule has 1 aromatic heterocycles. The summed E-state index contributed by atoms with van der Waals surface area (Å²) in [5.74, 6) is 0.709. The van der Waals surface area contributed by atoms with Gasteiger partial charge in [-0.1, -0.05) is 6.92 Å². The van der Waals surface area contributed by atoms with Crippen LogP contribution in [-0.2, 0) is 6.54 Å². The van der Waals surface area contributed by atoms with Crippen LogP contribution in [0.3, 0.4) is 0 Å². The fraction of sp³-hybridized carbons (Fsp3) is 0.667. The van der Waals surface area contributed by atoms with Crippen molar-refractivity contribution in [1.29, 1.82) is 0 Å². The summed E-state index contributed by atoms with van der Waals surface area (Å²) < 4.78 is 2.08. The average molecular weight is 165 g/mol. The lowest BCUT2D eigenvalue weighted by atomic mass is 10.1. The van der Waals surface area contributed by atoms with E-state index in [1.807, 2.05) is 12.5 Å². The molecule has 2 atom stereocenters. The van der Waals surface area contributed by atoms with E-state index < -0.39 is 0 Å². The zero-order chi connectivity index (χ0) is 8.60. The van der Waals surface area contributed by atoms with Crippen molar-refractivity contribution in [2.24, 2.45) is 11.7 Å². The van der Waals surface area contributed by atoms with Crippen molar-refractivity contribution in [3.8, 4) is 0 Å². The molecule has 1 aliphatic rings. The van der Waals surface area contributed by atoms with Crippen molar-refractivity contribution >= 4 is 0 Å². The quantitative estimate of drug-likeness (QED) is 0.726. The Morgan fingerprint density at radius 2 is 2.50 bits per heavy atom. The lowest BCUT2D eigenvalue weighted by molar-refractivity contribution is 0.505. The number of nitrogens with two attached hydrogens (primary N) is 1. The van der Waals surface area contributed by atoms with Gasteiger partial charge in [0.15, 0.2) is 0 Å². The number of imidazole rings is 1. The van der Waals surface area contributed by atoms with Crippen LogP contribution in [0.15, 0.2) is 18.7 Å². The highest BCUT2D eigenvalue weighted by Crippen LogP contribution is 2.43. The molecule has 0 saturated heterocycles. The first-order valence-electron chi connectivity index (χ1n) is 4.45. The van der Waals surface area contributed by atoms with E-state index >= 15 is 0 Å². The summed E-state index contributed by atoms with van der Waals surface area (Å²) in [6.45, 7) is 3.22. The van der Waals surface area contributed by atoms with Gasteiger partial charge in [-0.05, 0) is 18.8 Å². The molecule has 3 nitrogen and oxygen atoms in total. The first kappa shape index (κ1) is 7.80. The monoisotopic (exact) mass is 165 g/mol. The van der Waals surface area contributed by atoms with Gasteiger partial charge in [0.2, 0.25) is 0 Å². The predicted octanol–water partition coefficient (Wildman–Crippen LogP) is 1.01. The minimum Gasteiger partial charge on any atom is -0.337 e. The average Bonchev–Trinajstić information content (AvgIpc) is 2.57. The van der Waals surface area contributed by atoms with Crippen molar-refractivity contribution in [2.45, 2.75) is 31.8 Å². The molecular formula is C9H15N3. The maximum absolute atomic E-state index is 6.07. The van der Waals surface area contributed by atoms with Crippen molar-refractivity contribution in [2.75, 3.05) is 0 Å². The molecule has 2 unspecified atom stereocenters. The van der Waals surface area contributed by atoms with E-state index in [1.165, 1.54) is 6.42 Å². The Labute approximate surface area is 72.6 Å². The first-order chi connectivity index (χ1) is 5.71. The van der Waals surface area contributed by atoms with Gasteiger partial charge in [-0.15, -0.1) is 0 Å². The molecule has 2 rings (SSSR count). The van der Waals surface area contributed by atoms with Crippen LogP contribution < -0.4 is 5.73 Å². The van der Waals surface area contributed by atoms with E-state index in [1.54, 1.807) is 6.20 Å². The van der Waals surface area contributed by atoms with Gasteiger partial charge in [0.25, 0.3) is 0 Å². The predicted molar refractivity (Wildman–Crippen MR) is 47.5 cm³/mol. The molecule has 0 amide bonds. The molecule has 1 aromatic rings. The maximum atomic E-state index is 6.07. The van der Waals surface area contributed by atoms with Crippen LogP contribution in [0.2, 0.25) is 0 Å². The Morgan fingerprint density at radius 1 is 1.75 bits per heavy atom. The fourth-order valence-corrected chi connectivity index (χ4v) is 1.62. The summed E-state index contributed by atoms with van der Waals surface area (Å²) in [5.41, 5.74) is 6.20. The fourth-order valence-electron chi connectivity index (χ4n) is 1.62. The molecule has 66 valence electrons. The van der Waals surface area contributed by atoms with Gasteiger partial charge in [-0.2, -0.15) is 0 Å². The molecule has 0 radical (unpaired) electrons. The van der Waals surface area contributed by atoms with E-state index in [4.69, 9.17) is 5.73 Å². The second kappa shape index (κ2) is 2.59. The third-order valence-electron chi connectivity index (χ3n) is 2.90. The van der Waals surface area contributed by atoms with Crippen LogP contribution >= 0.6 is 0 Å². The Hall–Kier alpha value is -0.830. The highest BCUT2D eigenvalue weighted by molar-refractivity contribution is 5.05.